The van der Waals surface area contributed by atoms with Crippen molar-refractivity contribution in [3.63, 3.8) is 0 Å². The molecule has 7 heteroatoms. The van der Waals surface area contributed by atoms with Gasteiger partial charge in [-0.1, -0.05) is 6.07 Å². The number of halogens is 2. The van der Waals surface area contributed by atoms with E-state index in [1.165, 1.54) is 12.5 Å². The van der Waals surface area contributed by atoms with Crippen LogP contribution in [-0.4, -0.2) is 11.6 Å². The Bertz CT molecular complexity index is 1000. The number of furan rings is 1. The lowest BCUT2D eigenvalue weighted by molar-refractivity contribution is 0.102. The molecule has 0 bridgehead atoms. The zero-order valence-electron chi connectivity index (χ0n) is 13.8. The first-order chi connectivity index (χ1) is 12.4. The van der Waals surface area contributed by atoms with Crippen LogP contribution in [0.25, 0.3) is 0 Å². The molecule has 0 atom stereocenters. The van der Waals surface area contributed by atoms with Crippen molar-refractivity contribution < 1.29 is 13.6 Å². The molecule has 0 saturated carbocycles. The predicted octanol–water partition coefficient (Wildman–Crippen LogP) is 4.74. The first-order valence-electron chi connectivity index (χ1n) is 7.65. The lowest BCUT2D eigenvalue weighted by Crippen LogP contribution is -2.16. The maximum Gasteiger partial charge on any atom is 0.258 e. The average Bonchev–Trinajstić information content (AvgIpc) is 3.14. The summed E-state index contributed by atoms with van der Waals surface area (Å²) < 4.78 is 19.5. The maximum atomic E-state index is 14.3. The normalized spacial score (nSPS) is 10.6. The minimum absolute atomic E-state index is 0.0392. The van der Waals surface area contributed by atoms with E-state index in [4.69, 9.17) is 15.6 Å². The van der Waals surface area contributed by atoms with Crippen LogP contribution in [0.5, 0.6) is 0 Å². The second-order valence-electron chi connectivity index (χ2n) is 5.70. The summed E-state index contributed by atoms with van der Waals surface area (Å²) in [6.07, 6.45) is 2.90. The van der Waals surface area contributed by atoms with E-state index in [9.17, 15) is 9.18 Å². The Kier molecular flexibility index (Phi) is 4.90. The van der Waals surface area contributed by atoms with Gasteiger partial charge in [-0.25, -0.2) is 4.39 Å². The molecule has 1 heterocycles. The summed E-state index contributed by atoms with van der Waals surface area (Å²) in [5, 5.41) is 10.9. The Morgan fingerprint density at radius 2 is 2.04 bits per heavy atom. The number of amides is 1. The molecular formula is C19H15BrFN3O2. The minimum Gasteiger partial charge on any atom is -0.472 e. The van der Waals surface area contributed by atoms with Crippen molar-refractivity contribution in [1.29, 1.82) is 5.41 Å². The summed E-state index contributed by atoms with van der Waals surface area (Å²) in [6, 6.07) is 9.62. The van der Waals surface area contributed by atoms with E-state index < -0.39 is 11.7 Å². The van der Waals surface area contributed by atoms with Gasteiger partial charge in [-0.15, -0.1) is 0 Å². The van der Waals surface area contributed by atoms with E-state index in [-0.39, 0.29) is 15.7 Å². The van der Waals surface area contributed by atoms with Crippen molar-refractivity contribution >= 4 is 38.9 Å². The van der Waals surface area contributed by atoms with Crippen LogP contribution in [0.2, 0.25) is 0 Å². The van der Waals surface area contributed by atoms with Gasteiger partial charge in [0.2, 0.25) is 0 Å². The molecule has 4 N–H and O–H groups in total. The van der Waals surface area contributed by atoms with E-state index in [0.29, 0.717) is 28.1 Å². The monoisotopic (exact) mass is 415 g/mol. The minimum atomic E-state index is -0.621. The van der Waals surface area contributed by atoms with Crippen molar-refractivity contribution in [1.82, 2.24) is 0 Å². The molecular weight excluding hydrogens is 401 g/mol. The third-order valence-corrected chi connectivity index (χ3v) is 4.53. The summed E-state index contributed by atoms with van der Waals surface area (Å²) >= 11 is 3.09. The average molecular weight is 416 g/mol. The van der Waals surface area contributed by atoms with Crippen molar-refractivity contribution in [3.05, 3.63) is 81.5 Å². The molecule has 0 saturated heterocycles. The van der Waals surface area contributed by atoms with Gasteiger partial charge < -0.3 is 15.5 Å². The molecule has 3 rings (SSSR count). The van der Waals surface area contributed by atoms with Crippen LogP contribution in [-0.2, 0) is 0 Å². The van der Waals surface area contributed by atoms with E-state index in [0.717, 1.165) is 0 Å². The van der Waals surface area contributed by atoms with Gasteiger partial charge in [0.15, 0.2) is 0 Å². The predicted molar refractivity (Wildman–Crippen MR) is 102 cm³/mol. The maximum absolute atomic E-state index is 14.3. The van der Waals surface area contributed by atoms with Gasteiger partial charge in [0.05, 0.1) is 28.3 Å². The van der Waals surface area contributed by atoms with Crippen molar-refractivity contribution in [2.75, 3.05) is 11.1 Å². The number of hydrogen-bond acceptors (Lipinski definition) is 4. The van der Waals surface area contributed by atoms with Gasteiger partial charge in [0.25, 0.3) is 5.91 Å². The topological polar surface area (TPSA) is 92.1 Å². The largest absolute Gasteiger partial charge is 0.472 e. The third-order valence-electron chi connectivity index (χ3n) is 3.92. The summed E-state index contributed by atoms with van der Waals surface area (Å²) in [5.74, 6) is -1.20. The summed E-state index contributed by atoms with van der Waals surface area (Å²) in [5.41, 5.74) is 8.40. The molecule has 0 aliphatic rings. The molecule has 0 aliphatic heterocycles. The zero-order chi connectivity index (χ0) is 18.8. The van der Waals surface area contributed by atoms with Crippen LogP contribution in [0.3, 0.4) is 0 Å². The SMILES string of the molecule is Cc1ccc(Br)c(F)c1C(=O)Nc1ccc(N)c(C(=N)c2ccoc2)c1. The fraction of sp³-hybridized carbons (Fsp3) is 0.0526. The molecule has 0 unspecified atom stereocenters. The number of rotatable bonds is 4. The van der Waals surface area contributed by atoms with Gasteiger partial charge in [-0.05, 0) is 58.7 Å². The second kappa shape index (κ2) is 7.13. The van der Waals surface area contributed by atoms with Crippen molar-refractivity contribution in [2.24, 2.45) is 0 Å². The Labute approximate surface area is 157 Å². The fourth-order valence-corrected chi connectivity index (χ4v) is 2.86. The Morgan fingerprint density at radius 1 is 1.27 bits per heavy atom. The molecule has 0 fully saturated rings. The van der Waals surface area contributed by atoms with E-state index >= 15 is 0 Å². The Hall–Kier alpha value is -2.93. The highest BCUT2D eigenvalue weighted by molar-refractivity contribution is 9.10. The van der Waals surface area contributed by atoms with E-state index in [2.05, 4.69) is 21.2 Å². The van der Waals surface area contributed by atoms with Crippen LogP contribution in [0.4, 0.5) is 15.8 Å². The molecule has 2 aromatic carbocycles. The van der Waals surface area contributed by atoms with Gasteiger partial charge >= 0.3 is 0 Å². The number of carbonyl (C=O) groups excluding carboxylic acids is 1. The third kappa shape index (κ3) is 3.39. The molecule has 3 aromatic rings. The first-order valence-corrected chi connectivity index (χ1v) is 8.44. The number of benzene rings is 2. The quantitative estimate of drug-likeness (QED) is 0.424. The highest BCUT2D eigenvalue weighted by Crippen LogP contribution is 2.25. The smallest absolute Gasteiger partial charge is 0.258 e. The van der Waals surface area contributed by atoms with Crippen LogP contribution in [0.15, 0.2) is 57.8 Å². The van der Waals surface area contributed by atoms with Gasteiger partial charge in [0, 0.05) is 22.5 Å². The van der Waals surface area contributed by atoms with Crippen molar-refractivity contribution in [3.8, 4) is 0 Å². The van der Waals surface area contributed by atoms with Gasteiger partial charge in [0.1, 0.15) is 5.82 Å². The highest BCUT2D eigenvalue weighted by atomic mass is 79.9. The molecule has 0 radical (unpaired) electrons. The molecule has 5 nitrogen and oxygen atoms in total. The van der Waals surface area contributed by atoms with Gasteiger partial charge in [-0.3, -0.25) is 10.2 Å². The highest BCUT2D eigenvalue weighted by Gasteiger charge is 2.18. The number of nitrogens with one attached hydrogen (secondary N) is 2. The second-order valence-corrected chi connectivity index (χ2v) is 6.55. The number of aryl methyl sites for hydroxylation is 1. The van der Waals surface area contributed by atoms with Crippen LogP contribution >= 0.6 is 15.9 Å². The summed E-state index contributed by atoms with van der Waals surface area (Å²) in [4.78, 5) is 12.5. The molecule has 26 heavy (non-hydrogen) atoms. The molecule has 0 spiro atoms. The molecule has 132 valence electrons. The summed E-state index contributed by atoms with van der Waals surface area (Å²) in [6.45, 7) is 1.66. The lowest BCUT2D eigenvalue weighted by atomic mass is 10.0. The summed E-state index contributed by atoms with van der Waals surface area (Å²) in [7, 11) is 0. The van der Waals surface area contributed by atoms with Crippen LogP contribution in [0, 0.1) is 18.2 Å². The molecule has 1 aromatic heterocycles. The molecule has 1 amide bonds. The Balaban J connectivity index is 1.92. The number of nitrogen functional groups attached to an aromatic ring is 1. The number of carbonyl (C=O) groups is 1. The zero-order valence-corrected chi connectivity index (χ0v) is 15.4. The van der Waals surface area contributed by atoms with Gasteiger partial charge in [-0.2, -0.15) is 0 Å². The van der Waals surface area contributed by atoms with Crippen molar-refractivity contribution in [2.45, 2.75) is 6.92 Å². The lowest BCUT2D eigenvalue weighted by Gasteiger charge is -2.12. The van der Waals surface area contributed by atoms with E-state index in [1.807, 2.05) is 0 Å². The number of hydrogen-bond donors (Lipinski definition) is 3. The Morgan fingerprint density at radius 3 is 2.73 bits per heavy atom. The van der Waals surface area contributed by atoms with Crippen LogP contribution in [0.1, 0.15) is 27.0 Å². The van der Waals surface area contributed by atoms with Crippen LogP contribution < -0.4 is 11.1 Å². The molecule has 0 aliphatic carbocycles. The fourth-order valence-electron chi connectivity index (χ4n) is 2.53. The van der Waals surface area contributed by atoms with E-state index in [1.54, 1.807) is 43.3 Å². The number of anilines is 2. The standard InChI is InChI=1S/C19H15BrFN3O2/c1-10-2-4-14(20)17(21)16(10)19(25)24-12-3-5-15(22)13(8-12)18(23)11-6-7-26-9-11/h2-9,23H,22H2,1H3,(H,24,25). The first kappa shape index (κ1) is 17.9. The number of nitrogens with two attached hydrogens (primary N) is 1.